The second kappa shape index (κ2) is 31.9. The number of aliphatic hydroxyl groups is 3. The molecule has 3 N–H and O–H groups in total. The summed E-state index contributed by atoms with van der Waals surface area (Å²) in [6.45, 7) is 4.02. The van der Waals surface area contributed by atoms with E-state index in [0.29, 0.717) is 19.3 Å². The van der Waals surface area contributed by atoms with Crippen molar-refractivity contribution in [2.24, 2.45) is 11.8 Å². The highest BCUT2D eigenvalue weighted by atomic mass is 16.6. The van der Waals surface area contributed by atoms with Crippen LogP contribution in [-0.4, -0.2) is 64.6 Å². The molecule has 1 aliphatic rings. The fourth-order valence-corrected chi connectivity index (χ4v) is 6.93. The molecule has 1 aliphatic carbocycles. The Morgan fingerprint density at radius 2 is 1.08 bits per heavy atom. The Morgan fingerprint density at radius 1 is 0.660 bits per heavy atom. The van der Waals surface area contributed by atoms with E-state index in [4.69, 9.17) is 9.47 Å². The van der Waals surface area contributed by atoms with Crippen molar-refractivity contribution in [2.45, 2.75) is 212 Å². The van der Waals surface area contributed by atoms with Gasteiger partial charge >= 0.3 is 11.9 Å². The number of ether oxygens (including phenoxy) is 2. The molecule has 0 aliphatic heterocycles. The number of hydrogen-bond donors (Lipinski definition) is 3. The maximum atomic E-state index is 12.4. The minimum Gasteiger partial charge on any atom is -0.463 e. The van der Waals surface area contributed by atoms with E-state index in [9.17, 15) is 29.7 Å². The molecule has 0 radical (unpaired) electrons. The van der Waals surface area contributed by atoms with Crippen LogP contribution in [0, 0.1) is 11.8 Å². The number of ketones is 1. The van der Waals surface area contributed by atoms with Gasteiger partial charge in [-0.2, -0.15) is 0 Å². The van der Waals surface area contributed by atoms with Gasteiger partial charge in [-0.25, -0.2) is 0 Å². The van der Waals surface area contributed by atoms with Gasteiger partial charge in [-0.05, 0) is 31.6 Å². The average molecular weight is 709 g/mol. The van der Waals surface area contributed by atoms with Crippen molar-refractivity contribution < 1.29 is 39.2 Å². The van der Waals surface area contributed by atoms with Gasteiger partial charge in [0.25, 0.3) is 0 Å². The molecule has 0 aromatic heterocycles. The molecule has 0 aromatic carbocycles. The maximum Gasteiger partial charge on any atom is 0.305 e. The van der Waals surface area contributed by atoms with E-state index in [0.717, 1.165) is 64.2 Å². The smallest absolute Gasteiger partial charge is 0.305 e. The van der Waals surface area contributed by atoms with E-state index in [1.54, 1.807) is 12.2 Å². The van der Waals surface area contributed by atoms with Crippen LogP contribution in [0.25, 0.3) is 0 Å². The molecule has 0 spiro atoms. The lowest BCUT2D eigenvalue weighted by molar-refractivity contribution is -0.152. The minimum atomic E-state index is -1.03. The van der Waals surface area contributed by atoms with Crippen molar-refractivity contribution >= 4 is 17.7 Å². The first-order valence-electron chi connectivity index (χ1n) is 20.8. The number of allylic oxidation sites excluding steroid dienone is 1. The van der Waals surface area contributed by atoms with Gasteiger partial charge in [0.2, 0.25) is 0 Å². The highest BCUT2D eigenvalue weighted by molar-refractivity contribution is 5.86. The number of aliphatic hydroxyl groups excluding tert-OH is 3. The molecular weight excluding hydrogens is 632 g/mol. The maximum absolute atomic E-state index is 12.4. The fraction of sp³-hybridized carbons (Fsp3) is 0.881. The summed E-state index contributed by atoms with van der Waals surface area (Å²) in [5.41, 5.74) is 0. The third-order valence-electron chi connectivity index (χ3n) is 10.2. The Bertz CT molecular complexity index is 874. The van der Waals surface area contributed by atoms with Crippen LogP contribution in [0.4, 0.5) is 0 Å². The Morgan fingerprint density at radius 3 is 1.56 bits per heavy atom. The molecule has 1 fully saturated rings. The zero-order chi connectivity index (χ0) is 36.7. The van der Waals surface area contributed by atoms with Crippen LogP contribution in [0.1, 0.15) is 194 Å². The molecule has 0 heterocycles. The minimum absolute atomic E-state index is 0.0367. The SMILES string of the molecule is CCCCCCCCCCCCCCCCCCC(=O)OC[C@@H](O)COC(=O)CCCCCC[C@H]1[C@@H](O)CC(=O)[C@@H]1/C=C/[C@@H](O)CCCCC. The second-order valence-corrected chi connectivity index (χ2v) is 14.9. The van der Waals surface area contributed by atoms with E-state index < -0.39 is 18.3 Å². The van der Waals surface area contributed by atoms with E-state index >= 15 is 0 Å². The van der Waals surface area contributed by atoms with Crippen LogP contribution in [-0.2, 0) is 23.9 Å². The molecule has 8 heteroatoms. The predicted octanol–water partition coefficient (Wildman–Crippen LogP) is 9.49. The summed E-state index contributed by atoms with van der Waals surface area (Å²) in [6, 6.07) is 0. The highest BCUT2D eigenvalue weighted by Gasteiger charge is 2.39. The topological polar surface area (TPSA) is 130 Å². The fourth-order valence-electron chi connectivity index (χ4n) is 6.93. The van der Waals surface area contributed by atoms with Gasteiger partial charge in [-0.1, -0.05) is 161 Å². The van der Waals surface area contributed by atoms with Gasteiger partial charge in [-0.15, -0.1) is 0 Å². The number of hydrogen-bond acceptors (Lipinski definition) is 8. The molecule has 0 bridgehead atoms. The lowest BCUT2D eigenvalue weighted by atomic mass is 9.88. The summed E-state index contributed by atoms with van der Waals surface area (Å²) in [5, 5.41) is 30.7. The molecule has 1 saturated carbocycles. The molecule has 0 amide bonds. The molecular formula is C42H76O8. The van der Waals surface area contributed by atoms with Gasteiger partial charge in [0.05, 0.1) is 12.2 Å². The summed E-state index contributed by atoms with van der Waals surface area (Å²) in [5.74, 6) is -1.14. The van der Waals surface area contributed by atoms with E-state index in [1.165, 1.54) is 83.5 Å². The Hall–Kier alpha value is -1.77. The molecule has 8 nitrogen and oxygen atoms in total. The number of carbonyl (C=O) groups is 3. The van der Waals surface area contributed by atoms with Gasteiger partial charge in [0.15, 0.2) is 0 Å². The van der Waals surface area contributed by atoms with Crippen molar-refractivity contribution in [3.63, 3.8) is 0 Å². The van der Waals surface area contributed by atoms with Crippen molar-refractivity contribution in [1.82, 2.24) is 0 Å². The molecule has 292 valence electrons. The van der Waals surface area contributed by atoms with Gasteiger partial charge in [0, 0.05) is 25.2 Å². The van der Waals surface area contributed by atoms with Gasteiger partial charge < -0.3 is 24.8 Å². The van der Waals surface area contributed by atoms with Crippen molar-refractivity contribution in [3.8, 4) is 0 Å². The molecule has 0 aromatic rings. The van der Waals surface area contributed by atoms with Crippen LogP contribution in [0.3, 0.4) is 0 Å². The molecule has 1 rings (SSSR count). The van der Waals surface area contributed by atoms with Gasteiger partial charge in [-0.3, -0.25) is 14.4 Å². The number of Topliss-reactive ketones (excluding diaryl/α,β-unsaturated/α-hetero) is 1. The van der Waals surface area contributed by atoms with Gasteiger partial charge in [0.1, 0.15) is 25.1 Å². The van der Waals surface area contributed by atoms with E-state index in [1.807, 2.05) is 0 Å². The Kier molecular flexibility index (Phi) is 29.5. The first kappa shape index (κ1) is 46.3. The lowest BCUT2D eigenvalue weighted by Crippen LogP contribution is -2.25. The second-order valence-electron chi connectivity index (χ2n) is 14.9. The van der Waals surface area contributed by atoms with E-state index in [2.05, 4.69) is 13.8 Å². The third kappa shape index (κ3) is 25.2. The lowest BCUT2D eigenvalue weighted by Gasteiger charge is -2.19. The predicted molar refractivity (Wildman–Crippen MR) is 202 cm³/mol. The van der Waals surface area contributed by atoms with E-state index in [-0.39, 0.29) is 55.6 Å². The summed E-state index contributed by atoms with van der Waals surface area (Å²) >= 11 is 0. The van der Waals surface area contributed by atoms with Crippen molar-refractivity contribution in [3.05, 3.63) is 12.2 Å². The Balaban J connectivity index is 1.98. The highest BCUT2D eigenvalue weighted by Crippen LogP contribution is 2.34. The quantitative estimate of drug-likeness (QED) is 0.0342. The normalized spacial score (nSPS) is 18.9. The standard InChI is InChI=1S/C42H76O8/c1-3-5-7-8-9-10-11-12-13-14-15-16-17-18-19-24-28-41(47)49-33-36(44)34-50-42(48)29-25-21-20-23-27-37-38(40(46)32-39(37)45)31-30-35(43)26-22-6-4-2/h30-31,35-39,43-45H,3-29,32-34H2,1-2H3/b31-30+/t35-,36+,37+,38+,39-/m0/s1. The summed E-state index contributed by atoms with van der Waals surface area (Å²) in [6.07, 6.45) is 30.3. The summed E-state index contributed by atoms with van der Waals surface area (Å²) < 4.78 is 10.3. The zero-order valence-electron chi connectivity index (χ0n) is 32.1. The van der Waals surface area contributed by atoms with Crippen LogP contribution >= 0.6 is 0 Å². The van der Waals surface area contributed by atoms with Crippen LogP contribution in [0.2, 0.25) is 0 Å². The average Bonchev–Trinajstić information content (AvgIpc) is 3.37. The zero-order valence-corrected chi connectivity index (χ0v) is 32.1. The molecule has 0 saturated heterocycles. The molecule has 50 heavy (non-hydrogen) atoms. The van der Waals surface area contributed by atoms with Crippen LogP contribution < -0.4 is 0 Å². The Labute approximate surface area is 305 Å². The third-order valence-corrected chi connectivity index (χ3v) is 10.2. The number of rotatable bonds is 34. The van der Waals surface area contributed by atoms with Crippen molar-refractivity contribution in [2.75, 3.05) is 13.2 Å². The number of carbonyl (C=O) groups excluding carboxylic acids is 3. The molecule has 0 unspecified atom stereocenters. The van der Waals surface area contributed by atoms with Crippen LogP contribution in [0.5, 0.6) is 0 Å². The molecule has 5 atom stereocenters. The van der Waals surface area contributed by atoms with Crippen LogP contribution in [0.15, 0.2) is 12.2 Å². The first-order valence-corrected chi connectivity index (χ1v) is 20.8. The number of unbranched alkanes of at least 4 members (excludes halogenated alkanes) is 20. The summed E-state index contributed by atoms with van der Waals surface area (Å²) in [7, 11) is 0. The summed E-state index contributed by atoms with van der Waals surface area (Å²) in [4.78, 5) is 36.5. The largest absolute Gasteiger partial charge is 0.463 e. The monoisotopic (exact) mass is 709 g/mol. The van der Waals surface area contributed by atoms with Crippen molar-refractivity contribution in [1.29, 1.82) is 0 Å². The number of esters is 2. The first-order chi connectivity index (χ1) is 24.3.